The number of piperazine rings is 1. The van der Waals surface area contributed by atoms with E-state index in [0.29, 0.717) is 6.04 Å². The molecule has 21 heavy (non-hydrogen) atoms. The third-order valence-corrected chi connectivity index (χ3v) is 5.54. The van der Waals surface area contributed by atoms with Crippen LogP contribution in [-0.4, -0.2) is 29.6 Å². The summed E-state index contributed by atoms with van der Waals surface area (Å²) in [4.78, 5) is 2.57. The van der Waals surface area contributed by atoms with Crippen LogP contribution in [0.3, 0.4) is 0 Å². The van der Waals surface area contributed by atoms with Gasteiger partial charge in [0.15, 0.2) is 0 Å². The molecular formula is C17H26Cl2N2. The Balaban J connectivity index is 2.19. The second kappa shape index (κ2) is 7.32. The molecule has 0 bridgehead atoms. The van der Waals surface area contributed by atoms with E-state index in [2.05, 4.69) is 31.0 Å². The van der Waals surface area contributed by atoms with Gasteiger partial charge in [-0.15, -0.1) is 0 Å². The Kier molecular flexibility index (Phi) is 5.96. The summed E-state index contributed by atoms with van der Waals surface area (Å²) >= 11 is 12.5. The lowest BCUT2D eigenvalue weighted by atomic mass is 9.88. The lowest BCUT2D eigenvalue weighted by Gasteiger charge is -2.47. The summed E-state index contributed by atoms with van der Waals surface area (Å²) in [5.74, 6) is 0. The smallest absolute Gasteiger partial charge is 0.0452 e. The van der Waals surface area contributed by atoms with Gasteiger partial charge in [0.05, 0.1) is 0 Å². The van der Waals surface area contributed by atoms with Gasteiger partial charge in [-0.2, -0.15) is 0 Å². The second-order valence-corrected chi connectivity index (χ2v) is 6.91. The Morgan fingerprint density at radius 3 is 2.57 bits per heavy atom. The molecular weight excluding hydrogens is 303 g/mol. The highest BCUT2D eigenvalue weighted by Crippen LogP contribution is 2.28. The van der Waals surface area contributed by atoms with Crippen LogP contribution >= 0.6 is 23.2 Å². The van der Waals surface area contributed by atoms with E-state index in [9.17, 15) is 0 Å². The van der Waals surface area contributed by atoms with Crippen LogP contribution in [0.25, 0.3) is 0 Å². The summed E-state index contributed by atoms with van der Waals surface area (Å²) in [6, 6.07) is 6.31. The molecule has 1 N–H and O–H groups in total. The van der Waals surface area contributed by atoms with Gasteiger partial charge in [0.25, 0.3) is 0 Å². The van der Waals surface area contributed by atoms with E-state index in [0.717, 1.165) is 54.5 Å². The zero-order chi connectivity index (χ0) is 15.5. The molecule has 0 spiro atoms. The maximum atomic E-state index is 6.34. The van der Waals surface area contributed by atoms with Crippen molar-refractivity contribution in [2.45, 2.75) is 58.2 Å². The molecule has 2 rings (SSSR count). The average Bonchev–Trinajstić information content (AvgIpc) is 2.51. The molecule has 4 heteroatoms. The summed E-state index contributed by atoms with van der Waals surface area (Å²) in [5, 5.41) is 5.34. The predicted octanol–water partition coefficient (Wildman–Crippen LogP) is 4.74. The molecule has 1 heterocycles. The van der Waals surface area contributed by atoms with Crippen LogP contribution in [0.2, 0.25) is 10.0 Å². The van der Waals surface area contributed by atoms with Crippen LogP contribution < -0.4 is 5.32 Å². The summed E-state index contributed by atoms with van der Waals surface area (Å²) in [6.07, 6.45) is 3.45. The van der Waals surface area contributed by atoms with Crippen molar-refractivity contribution in [1.29, 1.82) is 0 Å². The largest absolute Gasteiger partial charge is 0.308 e. The molecule has 1 atom stereocenters. The number of benzene rings is 1. The van der Waals surface area contributed by atoms with Crippen LogP contribution in [-0.2, 0) is 6.54 Å². The average molecular weight is 329 g/mol. The number of nitrogens with one attached hydrogen (secondary N) is 1. The van der Waals surface area contributed by atoms with Gasteiger partial charge >= 0.3 is 0 Å². The van der Waals surface area contributed by atoms with Gasteiger partial charge in [0, 0.05) is 41.3 Å². The van der Waals surface area contributed by atoms with E-state index in [1.807, 2.05) is 18.2 Å². The van der Waals surface area contributed by atoms with Crippen molar-refractivity contribution in [1.82, 2.24) is 10.2 Å². The van der Waals surface area contributed by atoms with Crippen LogP contribution in [0.4, 0.5) is 0 Å². The maximum absolute atomic E-state index is 6.34. The molecule has 1 saturated heterocycles. The lowest BCUT2D eigenvalue weighted by molar-refractivity contribution is 0.0643. The molecule has 2 nitrogen and oxygen atoms in total. The Hall–Kier alpha value is -0.280. The fraction of sp³-hybridized carbons (Fsp3) is 0.647. The van der Waals surface area contributed by atoms with Gasteiger partial charge in [-0.1, -0.05) is 44.0 Å². The summed E-state index contributed by atoms with van der Waals surface area (Å²) in [5.41, 5.74) is 1.36. The minimum Gasteiger partial charge on any atom is -0.308 e. The van der Waals surface area contributed by atoms with Crippen LogP contribution in [0.15, 0.2) is 18.2 Å². The summed E-state index contributed by atoms with van der Waals surface area (Å²) < 4.78 is 0. The third kappa shape index (κ3) is 3.92. The van der Waals surface area contributed by atoms with Crippen molar-refractivity contribution in [3.8, 4) is 0 Å². The minimum atomic E-state index is 0.233. The van der Waals surface area contributed by atoms with Crippen molar-refractivity contribution < 1.29 is 0 Å². The van der Waals surface area contributed by atoms with Crippen molar-refractivity contribution in [2.24, 2.45) is 0 Å². The van der Waals surface area contributed by atoms with Gasteiger partial charge in [-0.3, -0.25) is 4.90 Å². The quantitative estimate of drug-likeness (QED) is 0.840. The monoisotopic (exact) mass is 328 g/mol. The van der Waals surface area contributed by atoms with Gasteiger partial charge < -0.3 is 5.32 Å². The Bertz CT molecular complexity index is 472. The number of hydrogen-bond acceptors (Lipinski definition) is 2. The highest BCUT2D eigenvalue weighted by atomic mass is 35.5. The number of hydrogen-bond donors (Lipinski definition) is 1. The first-order chi connectivity index (χ1) is 10.0. The Labute approximate surface area is 138 Å². The molecule has 1 aliphatic heterocycles. The van der Waals surface area contributed by atoms with E-state index in [-0.39, 0.29) is 5.54 Å². The second-order valence-electron chi connectivity index (χ2n) is 6.07. The van der Waals surface area contributed by atoms with Crippen molar-refractivity contribution in [3.63, 3.8) is 0 Å². The van der Waals surface area contributed by atoms with Crippen molar-refractivity contribution in [3.05, 3.63) is 33.8 Å². The van der Waals surface area contributed by atoms with E-state index >= 15 is 0 Å². The molecule has 1 aliphatic rings. The SMILES string of the molecule is CCC1CNC(CC)(CC)CN1Cc1cc(Cl)ccc1Cl. The minimum absolute atomic E-state index is 0.233. The van der Waals surface area contributed by atoms with Gasteiger partial charge in [0.1, 0.15) is 0 Å². The normalized spacial score (nSPS) is 22.4. The van der Waals surface area contributed by atoms with E-state index < -0.39 is 0 Å². The molecule has 0 radical (unpaired) electrons. The fourth-order valence-electron chi connectivity index (χ4n) is 3.23. The van der Waals surface area contributed by atoms with Crippen LogP contribution in [0, 0.1) is 0 Å². The zero-order valence-corrected chi connectivity index (χ0v) is 14.8. The molecule has 0 aliphatic carbocycles. The molecule has 0 saturated carbocycles. The number of rotatable bonds is 5. The van der Waals surface area contributed by atoms with E-state index in [1.54, 1.807) is 0 Å². The summed E-state index contributed by atoms with van der Waals surface area (Å²) in [6.45, 7) is 9.80. The first kappa shape index (κ1) is 17.1. The van der Waals surface area contributed by atoms with Crippen LogP contribution in [0.5, 0.6) is 0 Å². The highest BCUT2D eigenvalue weighted by Gasteiger charge is 2.36. The molecule has 0 aromatic heterocycles. The van der Waals surface area contributed by atoms with E-state index in [4.69, 9.17) is 23.2 Å². The Morgan fingerprint density at radius 2 is 1.95 bits per heavy atom. The number of halogens is 2. The number of nitrogens with zero attached hydrogens (tertiary/aromatic N) is 1. The first-order valence-electron chi connectivity index (χ1n) is 7.96. The first-order valence-corrected chi connectivity index (χ1v) is 8.72. The summed E-state index contributed by atoms with van der Waals surface area (Å²) in [7, 11) is 0. The standard InChI is InChI=1S/C17H26Cl2N2/c1-4-15-10-20-17(5-2,6-3)12-21(15)11-13-9-14(18)7-8-16(13)19/h7-9,15,20H,4-6,10-12H2,1-3H3. The van der Waals surface area contributed by atoms with Crippen molar-refractivity contribution in [2.75, 3.05) is 13.1 Å². The van der Waals surface area contributed by atoms with Gasteiger partial charge in [-0.25, -0.2) is 0 Å². The topological polar surface area (TPSA) is 15.3 Å². The molecule has 1 aromatic rings. The molecule has 0 amide bonds. The van der Waals surface area contributed by atoms with Gasteiger partial charge in [-0.05, 0) is 43.0 Å². The van der Waals surface area contributed by atoms with Gasteiger partial charge in [0.2, 0.25) is 0 Å². The van der Waals surface area contributed by atoms with E-state index in [1.165, 1.54) is 0 Å². The highest BCUT2D eigenvalue weighted by molar-refractivity contribution is 6.33. The Morgan fingerprint density at radius 1 is 1.24 bits per heavy atom. The maximum Gasteiger partial charge on any atom is 0.0452 e. The molecule has 1 fully saturated rings. The fourth-order valence-corrected chi connectivity index (χ4v) is 3.60. The zero-order valence-electron chi connectivity index (χ0n) is 13.3. The molecule has 1 unspecified atom stereocenters. The van der Waals surface area contributed by atoms with Crippen LogP contribution in [0.1, 0.15) is 45.6 Å². The molecule has 118 valence electrons. The molecule has 1 aromatic carbocycles. The van der Waals surface area contributed by atoms with Crippen molar-refractivity contribution >= 4 is 23.2 Å². The lowest BCUT2D eigenvalue weighted by Crippen LogP contribution is -2.63. The third-order valence-electron chi connectivity index (χ3n) is 4.94. The predicted molar refractivity (Wildman–Crippen MR) is 92.3 cm³/mol.